The third-order valence-corrected chi connectivity index (χ3v) is 1.73. The van der Waals surface area contributed by atoms with Crippen LogP contribution < -0.4 is 10.6 Å². The molecule has 0 aromatic carbocycles. The van der Waals surface area contributed by atoms with Crippen LogP contribution in [0.15, 0.2) is 0 Å². The minimum Gasteiger partial charge on any atom is -0.314 e. The van der Waals surface area contributed by atoms with Gasteiger partial charge in [0.25, 0.3) is 0 Å². The van der Waals surface area contributed by atoms with Gasteiger partial charge in [-0.05, 0) is 32.9 Å². The van der Waals surface area contributed by atoms with E-state index >= 15 is 0 Å². The van der Waals surface area contributed by atoms with E-state index in [-0.39, 0.29) is 0 Å². The lowest BCUT2D eigenvalue weighted by atomic mass is 10.2. The lowest BCUT2D eigenvalue weighted by Gasteiger charge is -2.14. The molecular formula is C10H23N2. The molecule has 0 amide bonds. The van der Waals surface area contributed by atoms with Crippen molar-refractivity contribution in [3.63, 3.8) is 0 Å². The van der Waals surface area contributed by atoms with Crippen molar-refractivity contribution in [2.75, 3.05) is 13.1 Å². The van der Waals surface area contributed by atoms with Gasteiger partial charge in [-0.15, -0.1) is 0 Å². The number of nitrogens with one attached hydrogen (secondary N) is 2. The Bertz CT molecular complexity index is 91.8. The minimum absolute atomic E-state index is 0.399. The summed E-state index contributed by atoms with van der Waals surface area (Å²) in [6.45, 7) is 12.7. The summed E-state index contributed by atoms with van der Waals surface area (Å²) in [4.78, 5) is 0. The van der Waals surface area contributed by atoms with E-state index < -0.39 is 0 Å². The first-order valence-corrected chi connectivity index (χ1v) is 4.96. The lowest BCUT2D eigenvalue weighted by molar-refractivity contribution is 0.499. The molecule has 0 aliphatic rings. The van der Waals surface area contributed by atoms with Gasteiger partial charge in [-0.25, -0.2) is 0 Å². The molecule has 0 rings (SSSR count). The van der Waals surface area contributed by atoms with E-state index in [0.717, 1.165) is 19.5 Å². The highest BCUT2D eigenvalue weighted by Gasteiger charge is 1.99. The SMILES string of the molecule is [CH2]C(CCNC(C)C)NCCC. The minimum atomic E-state index is 0.399. The molecule has 0 bridgehead atoms. The second kappa shape index (κ2) is 7.56. The zero-order valence-electron chi connectivity index (χ0n) is 8.69. The second-order valence-electron chi connectivity index (χ2n) is 3.55. The van der Waals surface area contributed by atoms with Gasteiger partial charge in [0.2, 0.25) is 0 Å². The van der Waals surface area contributed by atoms with Crippen LogP contribution in [0.4, 0.5) is 0 Å². The average Bonchev–Trinajstić information content (AvgIpc) is 2.00. The second-order valence-corrected chi connectivity index (χ2v) is 3.55. The molecule has 0 aliphatic carbocycles. The third kappa shape index (κ3) is 8.02. The van der Waals surface area contributed by atoms with Gasteiger partial charge < -0.3 is 10.6 Å². The fourth-order valence-corrected chi connectivity index (χ4v) is 0.997. The quantitative estimate of drug-likeness (QED) is 0.607. The maximum Gasteiger partial charge on any atom is 0.00797 e. The van der Waals surface area contributed by atoms with E-state index in [4.69, 9.17) is 0 Å². The molecule has 2 N–H and O–H groups in total. The summed E-state index contributed by atoms with van der Waals surface area (Å²) < 4.78 is 0. The van der Waals surface area contributed by atoms with Crippen molar-refractivity contribution < 1.29 is 0 Å². The molecule has 0 aliphatic heterocycles. The fraction of sp³-hybridized carbons (Fsp3) is 0.900. The van der Waals surface area contributed by atoms with Crippen LogP contribution in [0.5, 0.6) is 0 Å². The number of rotatable bonds is 7. The van der Waals surface area contributed by atoms with Gasteiger partial charge in [0.1, 0.15) is 0 Å². The molecule has 2 heteroatoms. The van der Waals surface area contributed by atoms with Crippen LogP contribution in [0, 0.1) is 6.92 Å². The Morgan fingerprint density at radius 3 is 2.33 bits per heavy atom. The molecule has 1 atom stereocenters. The van der Waals surface area contributed by atoms with Gasteiger partial charge in [-0.2, -0.15) is 0 Å². The van der Waals surface area contributed by atoms with E-state index in [2.05, 4.69) is 38.3 Å². The zero-order chi connectivity index (χ0) is 9.40. The smallest absolute Gasteiger partial charge is 0.00797 e. The lowest BCUT2D eigenvalue weighted by Crippen LogP contribution is -2.32. The molecular weight excluding hydrogens is 148 g/mol. The van der Waals surface area contributed by atoms with Crippen LogP contribution in [-0.2, 0) is 0 Å². The molecule has 0 aromatic rings. The number of hydrogen-bond donors (Lipinski definition) is 2. The third-order valence-electron chi connectivity index (χ3n) is 1.73. The van der Waals surface area contributed by atoms with Crippen molar-refractivity contribution in [1.29, 1.82) is 0 Å². The predicted octanol–water partition coefficient (Wildman–Crippen LogP) is 1.58. The molecule has 0 spiro atoms. The highest BCUT2D eigenvalue weighted by molar-refractivity contribution is 4.70. The zero-order valence-corrected chi connectivity index (χ0v) is 8.69. The van der Waals surface area contributed by atoms with Gasteiger partial charge in [0.15, 0.2) is 0 Å². The van der Waals surface area contributed by atoms with Crippen LogP contribution in [0.1, 0.15) is 33.6 Å². The normalized spacial score (nSPS) is 13.8. The summed E-state index contributed by atoms with van der Waals surface area (Å²) in [5.74, 6) is 0. The molecule has 1 unspecified atom stereocenters. The highest BCUT2D eigenvalue weighted by atomic mass is 14.9. The topological polar surface area (TPSA) is 24.1 Å². The Hall–Kier alpha value is -0.0800. The average molecular weight is 171 g/mol. The van der Waals surface area contributed by atoms with Gasteiger partial charge >= 0.3 is 0 Å². The summed E-state index contributed by atoms with van der Waals surface area (Å²) in [6.07, 6.45) is 2.29. The van der Waals surface area contributed by atoms with Crippen molar-refractivity contribution >= 4 is 0 Å². The maximum absolute atomic E-state index is 4.02. The fourth-order valence-electron chi connectivity index (χ4n) is 0.997. The Morgan fingerprint density at radius 2 is 1.83 bits per heavy atom. The van der Waals surface area contributed by atoms with E-state index in [1.807, 2.05) is 0 Å². The van der Waals surface area contributed by atoms with Gasteiger partial charge in [0, 0.05) is 12.1 Å². The summed E-state index contributed by atoms with van der Waals surface area (Å²) in [5.41, 5.74) is 0. The predicted molar refractivity (Wildman–Crippen MR) is 55.2 cm³/mol. The van der Waals surface area contributed by atoms with Crippen LogP contribution >= 0.6 is 0 Å². The van der Waals surface area contributed by atoms with Gasteiger partial charge in [-0.1, -0.05) is 20.8 Å². The summed E-state index contributed by atoms with van der Waals surface area (Å²) in [7, 11) is 0. The van der Waals surface area contributed by atoms with Gasteiger partial charge in [0.05, 0.1) is 0 Å². The van der Waals surface area contributed by atoms with Crippen molar-refractivity contribution in [3.05, 3.63) is 6.92 Å². The Kier molecular flexibility index (Phi) is 7.51. The van der Waals surface area contributed by atoms with Gasteiger partial charge in [-0.3, -0.25) is 0 Å². The molecule has 0 heterocycles. The first-order chi connectivity index (χ1) is 5.66. The number of hydrogen-bond acceptors (Lipinski definition) is 2. The molecule has 0 aromatic heterocycles. The summed E-state index contributed by atoms with van der Waals surface area (Å²) >= 11 is 0. The Labute approximate surface area is 77.1 Å². The molecule has 0 fully saturated rings. The monoisotopic (exact) mass is 171 g/mol. The van der Waals surface area contributed by atoms with Crippen LogP contribution in [0.2, 0.25) is 0 Å². The molecule has 1 radical (unpaired) electrons. The standard InChI is InChI=1S/C10H23N2/c1-5-7-12-10(4)6-8-11-9(2)3/h9-12H,4-8H2,1-3H3. The first kappa shape index (κ1) is 11.9. The summed E-state index contributed by atoms with van der Waals surface area (Å²) in [5, 5.41) is 6.73. The van der Waals surface area contributed by atoms with E-state index in [0.29, 0.717) is 12.1 Å². The highest BCUT2D eigenvalue weighted by Crippen LogP contribution is 1.89. The Balaban J connectivity index is 3.13. The van der Waals surface area contributed by atoms with E-state index in [1.165, 1.54) is 6.42 Å². The van der Waals surface area contributed by atoms with Crippen molar-refractivity contribution in [2.45, 2.75) is 45.7 Å². The molecule has 0 saturated heterocycles. The van der Waals surface area contributed by atoms with Crippen molar-refractivity contribution in [2.24, 2.45) is 0 Å². The van der Waals surface area contributed by atoms with Crippen LogP contribution in [0.25, 0.3) is 0 Å². The van der Waals surface area contributed by atoms with E-state index in [9.17, 15) is 0 Å². The molecule has 0 saturated carbocycles. The van der Waals surface area contributed by atoms with E-state index in [1.54, 1.807) is 0 Å². The summed E-state index contributed by atoms with van der Waals surface area (Å²) in [6, 6.07) is 0.986. The maximum atomic E-state index is 4.02. The molecule has 12 heavy (non-hydrogen) atoms. The van der Waals surface area contributed by atoms with Crippen molar-refractivity contribution in [1.82, 2.24) is 10.6 Å². The molecule has 2 nitrogen and oxygen atoms in total. The van der Waals surface area contributed by atoms with Crippen LogP contribution in [-0.4, -0.2) is 25.2 Å². The van der Waals surface area contributed by atoms with Crippen molar-refractivity contribution in [3.8, 4) is 0 Å². The van der Waals surface area contributed by atoms with Crippen LogP contribution in [0.3, 0.4) is 0 Å². The largest absolute Gasteiger partial charge is 0.314 e. The molecule has 73 valence electrons. The Morgan fingerprint density at radius 1 is 1.17 bits per heavy atom. The first-order valence-electron chi connectivity index (χ1n) is 4.96.